The molecule has 0 spiro atoms. The predicted octanol–water partition coefficient (Wildman–Crippen LogP) is -1.77. The first-order chi connectivity index (χ1) is 7.54. The summed E-state index contributed by atoms with van der Waals surface area (Å²) in [6, 6.07) is 1.68. The van der Waals surface area contributed by atoms with E-state index < -0.39 is 33.1 Å². The Morgan fingerprint density at radius 2 is 1.39 bits per heavy atom. The molecule has 0 aliphatic rings. The zero-order valence-corrected chi connectivity index (χ0v) is 14.1. The fourth-order valence-corrected chi connectivity index (χ4v) is 8.32. The van der Waals surface area contributed by atoms with E-state index in [9.17, 15) is 21.4 Å². The summed E-state index contributed by atoms with van der Waals surface area (Å²) in [5, 5.41) is 0. The van der Waals surface area contributed by atoms with Gasteiger partial charge in [-0.2, -0.15) is 8.42 Å². The van der Waals surface area contributed by atoms with Crippen molar-refractivity contribution in [2.45, 2.75) is 50.4 Å². The van der Waals surface area contributed by atoms with Crippen LogP contribution in [0.3, 0.4) is 0 Å². The molecule has 0 aromatic rings. The van der Waals surface area contributed by atoms with Crippen LogP contribution in [-0.4, -0.2) is 34.3 Å². The van der Waals surface area contributed by atoms with Gasteiger partial charge in [-0.25, -0.2) is 8.42 Å². The first kappa shape index (κ1) is 20.9. The molecule has 6 nitrogen and oxygen atoms in total. The molecule has 1 unspecified atom stereocenters. The van der Waals surface area contributed by atoms with Crippen LogP contribution in [0.1, 0.15) is 27.7 Å². The molecule has 0 aliphatic carbocycles. The van der Waals surface area contributed by atoms with Crippen molar-refractivity contribution in [1.29, 1.82) is 0 Å². The third-order valence-electron chi connectivity index (χ3n) is 3.04. The molecule has 0 rings (SSSR count). The van der Waals surface area contributed by atoms with Gasteiger partial charge in [-0.1, -0.05) is 20.8 Å². The van der Waals surface area contributed by atoms with Crippen LogP contribution in [0.5, 0.6) is 0 Å². The van der Waals surface area contributed by atoms with Crippen LogP contribution < -0.4 is 18.9 Å². The SMILES string of the molecule is CC[Si](CC)(CC)OS(=O)(=O)C(C)S(=O)(=O)[O-].[Li+]. The van der Waals surface area contributed by atoms with E-state index in [4.69, 9.17) is 3.87 Å². The van der Waals surface area contributed by atoms with Crippen LogP contribution >= 0.6 is 0 Å². The predicted molar refractivity (Wildman–Crippen MR) is 66.4 cm³/mol. The summed E-state index contributed by atoms with van der Waals surface area (Å²) in [6.07, 6.45) is 0. The maximum absolute atomic E-state index is 11.7. The molecule has 0 radical (unpaired) electrons. The first-order valence-corrected chi connectivity index (χ1v) is 10.9. The normalized spacial score (nSPS) is 14.9. The molecule has 0 aromatic heterocycles. The molecule has 0 heterocycles. The Morgan fingerprint density at radius 3 is 1.61 bits per heavy atom. The summed E-state index contributed by atoms with van der Waals surface area (Å²) < 4.78 is 58.6. The van der Waals surface area contributed by atoms with Crippen LogP contribution in [0.2, 0.25) is 18.1 Å². The zero-order valence-electron chi connectivity index (χ0n) is 11.5. The first-order valence-electron chi connectivity index (χ1n) is 5.43. The average molecular weight is 310 g/mol. The second-order valence-electron chi connectivity index (χ2n) is 3.88. The maximum Gasteiger partial charge on any atom is 1.00 e. The Morgan fingerprint density at radius 1 is 1.06 bits per heavy atom. The Bertz CT molecular complexity index is 434. The average Bonchev–Trinajstić information content (AvgIpc) is 2.24. The van der Waals surface area contributed by atoms with Crippen LogP contribution in [0.4, 0.5) is 0 Å². The Hall–Kier alpha value is 0.634. The van der Waals surface area contributed by atoms with Gasteiger partial charge in [0.05, 0.1) is 0 Å². The largest absolute Gasteiger partial charge is 1.00 e. The van der Waals surface area contributed by atoms with Crippen LogP contribution in [0.25, 0.3) is 0 Å². The molecule has 0 N–H and O–H groups in total. The quantitative estimate of drug-likeness (QED) is 0.408. The van der Waals surface area contributed by atoms with Crippen molar-refractivity contribution < 1.29 is 44.1 Å². The summed E-state index contributed by atoms with van der Waals surface area (Å²) in [5.74, 6) is 0. The standard InChI is InChI=1S/C8H20O6S2Si.Li/c1-5-17(6-2,7-3)14-16(12,13)8(4)15(9,10)11;/h8H,5-7H2,1-4H3,(H,9,10,11);/q;+1/p-1. The fraction of sp³-hybridized carbons (Fsp3) is 1.00. The van der Waals surface area contributed by atoms with Gasteiger partial charge in [0.25, 0.3) is 10.1 Å². The molecule has 18 heavy (non-hydrogen) atoms. The van der Waals surface area contributed by atoms with Gasteiger partial charge in [-0.3, -0.25) is 0 Å². The van der Waals surface area contributed by atoms with Gasteiger partial charge in [0.15, 0.2) is 4.58 Å². The van der Waals surface area contributed by atoms with Gasteiger partial charge in [-0.15, -0.1) is 0 Å². The summed E-state index contributed by atoms with van der Waals surface area (Å²) in [5.41, 5.74) is 0. The molecule has 0 aromatic carbocycles. The van der Waals surface area contributed by atoms with Gasteiger partial charge in [-0.05, 0) is 25.1 Å². The van der Waals surface area contributed by atoms with E-state index in [1.807, 2.05) is 20.8 Å². The molecule has 0 fully saturated rings. The molecule has 104 valence electrons. The molecule has 10 heteroatoms. The summed E-state index contributed by atoms with van der Waals surface area (Å²) in [6.45, 7) is 6.28. The van der Waals surface area contributed by atoms with E-state index in [0.29, 0.717) is 18.1 Å². The second-order valence-corrected chi connectivity index (χ2v) is 12.7. The molecule has 0 bridgehead atoms. The Kier molecular flexibility index (Phi) is 8.64. The number of hydrogen-bond acceptors (Lipinski definition) is 6. The fourth-order valence-electron chi connectivity index (χ4n) is 1.39. The van der Waals surface area contributed by atoms with E-state index in [-0.39, 0.29) is 18.9 Å². The van der Waals surface area contributed by atoms with Crippen molar-refractivity contribution in [3.05, 3.63) is 0 Å². The molecule has 0 aliphatic heterocycles. The van der Waals surface area contributed by atoms with Crippen molar-refractivity contribution in [2.24, 2.45) is 0 Å². The summed E-state index contributed by atoms with van der Waals surface area (Å²) >= 11 is 0. The molecule has 0 amide bonds. The van der Waals surface area contributed by atoms with Crippen molar-refractivity contribution in [3.63, 3.8) is 0 Å². The monoisotopic (exact) mass is 310 g/mol. The third-order valence-corrected chi connectivity index (χ3v) is 12.3. The van der Waals surface area contributed by atoms with Crippen LogP contribution in [0.15, 0.2) is 0 Å². The van der Waals surface area contributed by atoms with Crippen molar-refractivity contribution in [3.8, 4) is 0 Å². The minimum Gasteiger partial charge on any atom is -0.747 e. The van der Waals surface area contributed by atoms with E-state index >= 15 is 0 Å². The maximum atomic E-state index is 11.7. The topological polar surface area (TPSA) is 101 Å². The van der Waals surface area contributed by atoms with Crippen molar-refractivity contribution in [2.75, 3.05) is 0 Å². The molecular formula is C8H19LiO6S2Si. The third kappa shape index (κ3) is 5.32. The minimum atomic E-state index is -4.90. The van der Waals surface area contributed by atoms with E-state index in [2.05, 4.69) is 0 Å². The Balaban J connectivity index is 0. The second kappa shape index (κ2) is 7.43. The molecule has 0 saturated heterocycles. The van der Waals surface area contributed by atoms with E-state index in [1.54, 1.807) is 0 Å². The number of hydrogen-bond donors (Lipinski definition) is 0. The summed E-state index contributed by atoms with van der Waals surface area (Å²) in [4.78, 5) is 0. The smallest absolute Gasteiger partial charge is 0.747 e. The molecule has 0 saturated carbocycles. The van der Waals surface area contributed by atoms with E-state index in [0.717, 1.165) is 6.92 Å². The van der Waals surface area contributed by atoms with Gasteiger partial charge in [0, 0.05) is 0 Å². The number of rotatable bonds is 7. The zero-order chi connectivity index (χ0) is 13.9. The van der Waals surface area contributed by atoms with Crippen molar-refractivity contribution >= 4 is 28.6 Å². The summed E-state index contributed by atoms with van der Waals surface area (Å²) in [7, 11) is -11.7. The molecular weight excluding hydrogens is 291 g/mol. The van der Waals surface area contributed by atoms with Gasteiger partial charge >= 0.3 is 18.9 Å². The minimum absolute atomic E-state index is 0. The Labute approximate surface area is 123 Å². The van der Waals surface area contributed by atoms with Crippen LogP contribution in [-0.2, 0) is 24.1 Å². The van der Waals surface area contributed by atoms with E-state index in [1.165, 1.54) is 0 Å². The molecule has 1 atom stereocenters. The van der Waals surface area contributed by atoms with Gasteiger partial charge < -0.3 is 8.42 Å². The van der Waals surface area contributed by atoms with Crippen LogP contribution in [0, 0.1) is 0 Å². The van der Waals surface area contributed by atoms with Gasteiger partial charge in [0.2, 0.25) is 8.32 Å². The van der Waals surface area contributed by atoms with Crippen molar-refractivity contribution in [1.82, 2.24) is 0 Å². The van der Waals surface area contributed by atoms with Gasteiger partial charge in [0.1, 0.15) is 10.1 Å².